The van der Waals surface area contributed by atoms with E-state index in [0.29, 0.717) is 15.0 Å². The smallest absolute Gasteiger partial charge is 0.318 e. The van der Waals surface area contributed by atoms with Crippen LogP contribution in [-0.2, 0) is 11.0 Å². The van der Waals surface area contributed by atoms with Crippen molar-refractivity contribution in [1.29, 1.82) is 0 Å². The molecule has 10 heteroatoms. The van der Waals surface area contributed by atoms with Crippen LogP contribution in [-0.4, -0.2) is 14.8 Å². The van der Waals surface area contributed by atoms with Crippen molar-refractivity contribution in [2.75, 3.05) is 4.90 Å². The molecule has 1 aliphatic heterocycles. The number of halogens is 5. The van der Waals surface area contributed by atoms with Gasteiger partial charge in [-0.05, 0) is 68.0 Å². The van der Waals surface area contributed by atoms with Gasteiger partial charge in [0.05, 0.1) is 26.2 Å². The third-order valence-electron chi connectivity index (χ3n) is 5.14. The van der Waals surface area contributed by atoms with E-state index in [2.05, 4.69) is 0 Å². The highest BCUT2D eigenvalue weighted by Crippen LogP contribution is 2.39. The number of hydrogen-bond donors (Lipinski definition) is 0. The first-order valence-electron chi connectivity index (χ1n) is 9.57. The molecule has 0 aliphatic carbocycles. The van der Waals surface area contributed by atoms with Gasteiger partial charge >= 0.3 is 6.18 Å². The zero-order valence-corrected chi connectivity index (χ0v) is 20.3. The molecule has 0 radical (unpaired) electrons. The van der Waals surface area contributed by atoms with Crippen LogP contribution in [0, 0.1) is 13.8 Å². The summed E-state index contributed by atoms with van der Waals surface area (Å²) >= 11 is 18.5. The number of thioether (sulfide) groups is 1. The molecule has 1 saturated heterocycles. The SMILES string of the molecule is Cc1cc(/C=C2/SC(=S)N(c3cccc(C(F)(F)F)c3)C2=O)c(C)n1-c1ccc(Cl)c(Cl)c1. The largest absolute Gasteiger partial charge is 0.416 e. The zero-order chi connectivity index (χ0) is 24.1. The average Bonchev–Trinajstić information content (AvgIpc) is 3.18. The number of aryl methyl sites for hydroxylation is 1. The molecule has 1 aromatic heterocycles. The lowest BCUT2D eigenvalue weighted by molar-refractivity contribution is -0.137. The normalized spacial score (nSPS) is 15.7. The first-order chi connectivity index (χ1) is 15.5. The van der Waals surface area contributed by atoms with Gasteiger partial charge in [-0.2, -0.15) is 13.2 Å². The van der Waals surface area contributed by atoms with Crippen LogP contribution < -0.4 is 4.90 Å². The van der Waals surface area contributed by atoms with Gasteiger partial charge in [0.15, 0.2) is 4.32 Å². The van der Waals surface area contributed by atoms with E-state index in [9.17, 15) is 18.0 Å². The summed E-state index contributed by atoms with van der Waals surface area (Å²) < 4.78 is 41.5. The molecule has 3 nitrogen and oxygen atoms in total. The summed E-state index contributed by atoms with van der Waals surface area (Å²) in [6.07, 6.45) is -2.82. The first-order valence-corrected chi connectivity index (χ1v) is 11.5. The monoisotopic (exact) mass is 526 g/mol. The number of aromatic nitrogens is 1. The van der Waals surface area contributed by atoms with Crippen molar-refractivity contribution >= 4 is 69.2 Å². The standard InChI is InChI=1S/C23H15Cl2F3N2OS2/c1-12-8-14(13(2)29(12)17-6-7-18(24)19(25)11-17)9-20-21(31)30(22(32)33-20)16-5-3-4-15(10-16)23(26,27)28/h3-11H,1-2H3/b20-9+. The number of carbonyl (C=O) groups is 1. The van der Waals surface area contributed by atoms with Crippen LogP contribution in [0.15, 0.2) is 53.4 Å². The third kappa shape index (κ3) is 4.57. The molecule has 2 aromatic carbocycles. The van der Waals surface area contributed by atoms with E-state index >= 15 is 0 Å². The van der Waals surface area contributed by atoms with E-state index in [4.69, 9.17) is 35.4 Å². The molecule has 1 amide bonds. The summed E-state index contributed by atoms with van der Waals surface area (Å²) in [5.74, 6) is -0.469. The fourth-order valence-corrected chi connectivity index (χ4v) is 5.19. The van der Waals surface area contributed by atoms with Crippen LogP contribution in [0.5, 0.6) is 0 Å². The molecule has 3 aromatic rings. The summed E-state index contributed by atoms with van der Waals surface area (Å²) in [6, 6.07) is 11.8. The summed E-state index contributed by atoms with van der Waals surface area (Å²) in [6.45, 7) is 3.82. The number of thiocarbonyl (C=S) groups is 1. The Morgan fingerprint density at radius 2 is 1.73 bits per heavy atom. The Kier molecular flexibility index (Phi) is 6.39. The first kappa shape index (κ1) is 23.9. The Morgan fingerprint density at radius 1 is 1.00 bits per heavy atom. The molecule has 4 rings (SSSR count). The molecule has 0 N–H and O–H groups in total. The number of carbonyl (C=O) groups excluding carboxylic acids is 1. The van der Waals surface area contributed by atoms with Crippen LogP contribution >= 0.6 is 47.2 Å². The predicted octanol–water partition coefficient (Wildman–Crippen LogP) is 7.83. The van der Waals surface area contributed by atoms with Crippen molar-refractivity contribution in [1.82, 2.24) is 4.57 Å². The highest BCUT2D eigenvalue weighted by Gasteiger charge is 2.36. The van der Waals surface area contributed by atoms with E-state index in [-0.39, 0.29) is 10.0 Å². The topological polar surface area (TPSA) is 25.2 Å². The second-order valence-corrected chi connectivity index (χ2v) is 9.82. The van der Waals surface area contributed by atoms with Crippen LogP contribution in [0.4, 0.5) is 18.9 Å². The van der Waals surface area contributed by atoms with Crippen LogP contribution in [0.3, 0.4) is 0 Å². The summed E-state index contributed by atoms with van der Waals surface area (Å²) in [7, 11) is 0. The van der Waals surface area contributed by atoms with Gasteiger partial charge in [0.25, 0.3) is 5.91 Å². The quantitative estimate of drug-likeness (QED) is 0.257. The fraction of sp³-hybridized carbons (Fsp3) is 0.130. The summed E-state index contributed by atoms with van der Waals surface area (Å²) in [5.41, 5.74) is 2.60. The van der Waals surface area contributed by atoms with Gasteiger partial charge in [0.2, 0.25) is 0 Å². The Morgan fingerprint density at radius 3 is 2.39 bits per heavy atom. The molecular weight excluding hydrogens is 512 g/mol. The Balaban J connectivity index is 1.70. The molecule has 1 aliphatic rings. The van der Waals surface area contributed by atoms with Gasteiger partial charge in [-0.15, -0.1) is 0 Å². The van der Waals surface area contributed by atoms with E-state index in [0.717, 1.165) is 51.4 Å². The highest BCUT2D eigenvalue weighted by atomic mass is 35.5. The molecule has 0 atom stereocenters. The number of rotatable bonds is 3. The highest BCUT2D eigenvalue weighted by molar-refractivity contribution is 8.27. The van der Waals surface area contributed by atoms with Crippen molar-refractivity contribution in [3.63, 3.8) is 0 Å². The van der Waals surface area contributed by atoms with Gasteiger partial charge in [-0.1, -0.05) is 53.2 Å². The van der Waals surface area contributed by atoms with Gasteiger partial charge < -0.3 is 4.57 Å². The Bertz CT molecular complexity index is 1330. The Labute approximate surface area is 207 Å². The van der Waals surface area contributed by atoms with Crippen molar-refractivity contribution < 1.29 is 18.0 Å². The number of alkyl halides is 3. The second-order valence-electron chi connectivity index (χ2n) is 7.33. The maximum Gasteiger partial charge on any atom is 0.416 e. The van der Waals surface area contributed by atoms with Crippen molar-refractivity contribution in [3.8, 4) is 5.69 Å². The van der Waals surface area contributed by atoms with Crippen molar-refractivity contribution in [2.24, 2.45) is 0 Å². The number of hydrogen-bond acceptors (Lipinski definition) is 3. The minimum atomic E-state index is -4.52. The molecule has 0 saturated carbocycles. The maximum absolute atomic E-state index is 13.1. The van der Waals surface area contributed by atoms with E-state index in [1.54, 1.807) is 18.2 Å². The maximum atomic E-state index is 13.1. The number of amides is 1. The third-order valence-corrected chi connectivity index (χ3v) is 7.18. The van der Waals surface area contributed by atoms with Gasteiger partial charge in [-0.3, -0.25) is 9.69 Å². The molecule has 0 bridgehead atoms. The lowest BCUT2D eigenvalue weighted by atomic mass is 10.1. The summed E-state index contributed by atoms with van der Waals surface area (Å²) in [4.78, 5) is 14.5. The molecule has 0 unspecified atom stereocenters. The minimum Gasteiger partial charge on any atom is -0.318 e. The molecule has 1 fully saturated rings. The lowest BCUT2D eigenvalue weighted by Crippen LogP contribution is -2.27. The van der Waals surface area contributed by atoms with E-state index < -0.39 is 17.6 Å². The van der Waals surface area contributed by atoms with Crippen LogP contribution in [0.25, 0.3) is 11.8 Å². The number of nitrogens with zero attached hydrogens (tertiary/aromatic N) is 2. The summed E-state index contributed by atoms with van der Waals surface area (Å²) in [5, 5.41) is 0.867. The number of benzene rings is 2. The zero-order valence-electron chi connectivity index (χ0n) is 17.2. The second kappa shape index (κ2) is 8.83. The molecule has 2 heterocycles. The van der Waals surface area contributed by atoms with Gasteiger partial charge in [-0.25, -0.2) is 0 Å². The predicted molar refractivity (Wildman–Crippen MR) is 132 cm³/mol. The molecule has 170 valence electrons. The van der Waals surface area contributed by atoms with Crippen LogP contribution in [0.2, 0.25) is 10.0 Å². The minimum absolute atomic E-state index is 0.0806. The average molecular weight is 527 g/mol. The van der Waals surface area contributed by atoms with Crippen molar-refractivity contribution in [3.05, 3.63) is 86.0 Å². The van der Waals surface area contributed by atoms with Crippen LogP contribution in [0.1, 0.15) is 22.5 Å². The molecule has 0 spiro atoms. The van der Waals surface area contributed by atoms with Gasteiger partial charge in [0, 0.05) is 17.1 Å². The van der Waals surface area contributed by atoms with Gasteiger partial charge in [0.1, 0.15) is 0 Å². The molecular formula is C23H15Cl2F3N2OS2. The van der Waals surface area contributed by atoms with E-state index in [1.165, 1.54) is 12.1 Å². The molecule has 33 heavy (non-hydrogen) atoms. The van der Waals surface area contributed by atoms with Crippen molar-refractivity contribution in [2.45, 2.75) is 20.0 Å². The number of anilines is 1. The Hall–Kier alpha value is -2.26. The van der Waals surface area contributed by atoms with E-state index in [1.807, 2.05) is 30.5 Å². The lowest BCUT2D eigenvalue weighted by Gasteiger charge is -2.16. The fourth-order valence-electron chi connectivity index (χ4n) is 3.61.